The molecule has 0 aliphatic rings. The van der Waals surface area contributed by atoms with Gasteiger partial charge in [-0.1, -0.05) is 6.07 Å². The average molecular weight is 385 g/mol. The molecule has 0 aliphatic carbocycles. The normalized spacial score (nSPS) is 10.8. The van der Waals surface area contributed by atoms with Crippen molar-refractivity contribution in [3.63, 3.8) is 0 Å². The lowest BCUT2D eigenvalue weighted by atomic mass is 10.2. The molecule has 2 heterocycles. The van der Waals surface area contributed by atoms with Crippen LogP contribution in [0.3, 0.4) is 0 Å². The molecule has 0 spiro atoms. The van der Waals surface area contributed by atoms with Crippen molar-refractivity contribution in [2.45, 2.75) is 26.4 Å². The highest BCUT2D eigenvalue weighted by atomic mass is 16.5. The highest BCUT2D eigenvalue weighted by molar-refractivity contribution is 5.76. The van der Waals surface area contributed by atoms with Crippen LogP contribution < -0.4 is 20.3 Å². The van der Waals surface area contributed by atoms with Crippen molar-refractivity contribution in [3.8, 4) is 11.5 Å². The molecule has 0 fully saturated rings. The zero-order chi connectivity index (χ0) is 20.1. The van der Waals surface area contributed by atoms with Gasteiger partial charge in [-0.2, -0.15) is 5.10 Å². The molecule has 0 bridgehead atoms. The highest BCUT2D eigenvalue weighted by Crippen LogP contribution is 2.27. The summed E-state index contributed by atoms with van der Waals surface area (Å²) >= 11 is 0. The van der Waals surface area contributed by atoms with Gasteiger partial charge in [-0.25, -0.2) is 4.98 Å². The lowest BCUT2D eigenvalue weighted by Gasteiger charge is -2.12. The number of aryl methyl sites for hydroxylation is 2. The van der Waals surface area contributed by atoms with Gasteiger partial charge in [0, 0.05) is 26.6 Å². The number of aromatic nitrogens is 4. The molecule has 2 aromatic heterocycles. The van der Waals surface area contributed by atoms with E-state index in [1.54, 1.807) is 18.8 Å². The van der Waals surface area contributed by atoms with Crippen LogP contribution in [0.4, 0.5) is 0 Å². The molecule has 0 radical (unpaired) electrons. The first-order valence-electron chi connectivity index (χ1n) is 8.97. The second-order valence-corrected chi connectivity index (χ2v) is 6.19. The van der Waals surface area contributed by atoms with Crippen LogP contribution in [-0.4, -0.2) is 39.0 Å². The number of benzene rings is 1. The first-order valence-corrected chi connectivity index (χ1v) is 8.97. The number of nitrogens with zero attached hydrogens (tertiary/aromatic N) is 4. The minimum Gasteiger partial charge on any atom is -0.493 e. The molecular weight excluding hydrogens is 362 g/mol. The van der Waals surface area contributed by atoms with Crippen LogP contribution in [0.15, 0.2) is 35.5 Å². The first kappa shape index (κ1) is 19.4. The summed E-state index contributed by atoms with van der Waals surface area (Å²) < 4.78 is 13.8. The number of carbonyl (C=O) groups is 1. The van der Waals surface area contributed by atoms with Gasteiger partial charge in [0.1, 0.15) is 5.39 Å². The minimum atomic E-state index is -0.206. The van der Waals surface area contributed by atoms with Gasteiger partial charge in [-0.3, -0.25) is 18.8 Å². The maximum absolute atomic E-state index is 12.4. The van der Waals surface area contributed by atoms with E-state index in [4.69, 9.17) is 9.47 Å². The summed E-state index contributed by atoms with van der Waals surface area (Å²) in [7, 11) is 3.30. The van der Waals surface area contributed by atoms with Crippen LogP contribution in [0.2, 0.25) is 0 Å². The SMILES string of the molecule is CCOc1ccc(CNC(=O)CCn2cnc3c(cnn3C)c2=O)cc1OC. The monoisotopic (exact) mass is 385 g/mol. The van der Waals surface area contributed by atoms with Gasteiger partial charge in [0.15, 0.2) is 17.1 Å². The van der Waals surface area contributed by atoms with Gasteiger partial charge in [-0.15, -0.1) is 0 Å². The fourth-order valence-electron chi connectivity index (χ4n) is 2.83. The summed E-state index contributed by atoms with van der Waals surface area (Å²) in [6.07, 6.45) is 3.10. The molecule has 1 N–H and O–H groups in total. The standard InChI is InChI=1S/C19H23N5O4/c1-4-28-15-6-5-13(9-16(15)27-3)10-20-17(25)7-8-24-12-21-18-14(19(24)26)11-22-23(18)2/h5-6,9,11-12H,4,7-8,10H2,1-3H3,(H,20,25). The molecule has 3 rings (SSSR count). The Morgan fingerprint density at radius 1 is 1.29 bits per heavy atom. The number of methoxy groups -OCH3 is 1. The van der Waals surface area contributed by atoms with Crippen molar-refractivity contribution in [1.82, 2.24) is 24.6 Å². The fourth-order valence-corrected chi connectivity index (χ4v) is 2.83. The van der Waals surface area contributed by atoms with Gasteiger partial charge in [0.05, 0.1) is 26.2 Å². The molecule has 3 aromatic rings. The van der Waals surface area contributed by atoms with Crippen molar-refractivity contribution in [2.75, 3.05) is 13.7 Å². The number of carbonyl (C=O) groups excluding carboxylic acids is 1. The van der Waals surface area contributed by atoms with Crippen LogP contribution in [0.1, 0.15) is 18.9 Å². The van der Waals surface area contributed by atoms with Crippen molar-refractivity contribution in [1.29, 1.82) is 0 Å². The van der Waals surface area contributed by atoms with Gasteiger partial charge in [0.25, 0.3) is 5.56 Å². The zero-order valence-corrected chi connectivity index (χ0v) is 16.1. The van der Waals surface area contributed by atoms with Gasteiger partial charge < -0.3 is 14.8 Å². The van der Waals surface area contributed by atoms with Gasteiger partial charge in [-0.05, 0) is 24.6 Å². The maximum Gasteiger partial charge on any atom is 0.264 e. The van der Waals surface area contributed by atoms with Crippen molar-refractivity contribution in [3.05, 3.63) is 46.6 Å². The van der Waals surface area contributed by atoms with Crippen LogP contribution in [-0.2, 0) is 24.9 Å². The van der Waals surface area contributed by atoms with Crippen LogP contribution >= 0.6 is 0 Å². The lowest BCUT2D eigenvalue weighted by molar-refractivity contribution is -0.121. The number of nitrogens with one attached hydrogen (secondary N) is 1. The summed E-state index contributed by atoms with van der Waals surface area (Å²) in [4.78, 5) is 28.8. The Kier molecular flexibility index (Phi) is 5.93. The van der Waals surface area contributed by atoms with Crippen molar-refractivity contribution >= 4 is 16.9 Å². The molecule has 0 unspecified atom stereocenters. The Morgan fingerprint density at radius 2 is 2.11 bits per heavy atom. The topological polar surface area (TPSA) is 100 Å². The number of rotatable bonds is 8. The van der Waals surface area contributed by atoms with Crippen LogP contribution in [0.25, 0.3) is 11.0 Å². The summed E-state index contributed by atoms with van der Waals surface area (Å²) in [6, 6.07) is 5.52. The van der Waals surface area contributed by atoms with Crippen molar-refractivity contribution in [2.24, 2.45) is 7.05 Å². The fraction of sp³-hybridized carbons (Fsp3) is 0.368. The maximum atomic E-state index is 12.4. The number of amides is 1. The summed E-state index contributed by atoms with van der Waals surface area (Å²) in [5.74, 6) is 1.12. The molecule has 0 aliphatic heterocycles. The van der Waals surface area contributed by atoms with E-state index in [0.717, 1.165) is 5.56 Å². The molecular formula is C19H23N5O4. The molecule has 1 aromatic carbocycles. The Labute approximate surface area is 161 Å². The van der Waals surface area contributed by atoms with E-state index in [1.807, 2.05) is 25.1 Å². The van der Waals surface area contributed by atoms with E-state index < -0.39 is 0 Å². The molecule has 1 amide bonds. The van der Waals surface area contributed by atoms with E-state index in [9.17, 15) is 9.59 Å². The van der Waals surface area contributed by atoms with E-state index in [2.05, 4.69) is 15.4 Å². The predicted molar refractivity (Wildman–Crippen MR) is 103 cm³/mol. The van der Waals surface area contributed by atoms with E-state index in [1.165, 1.54) is 17.1 Å². The molecule has 0 atom stereocenters. The quantitative estimate of drug-likeness (QED) is 0.626. The minimum absolute atomic E-state index is 0.161. The third-order valence-corrected chi connectivity index (χ3v) is 4.32. The Morgan fingerprint density at radius 3 is 2.86 bits per heavy atom. The number of ether oxygens (including phenoxy) is 2. The molecule has 9 heteroatoms. The van der Waals surface area contributed by atoms with Gasteiger partial charge >= 0.3 is 0 Å². The number of hydrogen-bond acceptors (Lipinski definition) is 6. The Hall–Kier alpha value is -3.36. The highest BCUT2D eigenvalue weighted by Gasteiger charge is 2.10. The molecule has 9 nitrogen and oxygen atoms in total. The summed E-state index contributed by atoms with van der Waals surface area (Å²) in [5, 5.41) is 7.31. The Bertz CT molecular complexity index is 1040. The molecule has 0 saturated carbocycles. The number of hydrogen-bond donors (Lipinski definition) is 1. The number of fused-ring (bicyclic) bond motifs is 1. The zero-order valence-electron chi connectivity index (χ0n) is 16.1. The lowest BCUT2D eigenvalue weighted by Crippen LogP contribution is -2.27. The smallest absolute Gasteiger partial charge is 0.264 e. The first-order chi connectivity index (χ1) is 13.5. The molecule has 28 heavy (non-hydrogen) atoms. The van der Waals surface area contributed by atoms with Crippen molar-refractivity contribution < 1.29 is 14.3 Å². The van der Waals surface area contributed by atoms with Gasteiger partial charge in [0.2, 0.25) is 5.91 Å². The van der Waals surface area contributed by atoms with Crippen LogP contribution in [0.5, 0.6) is 11.5 Å². The largest absolute Gasteiger partial charge is 0.493 e. The Balaban J connectivity index is 1.58. The van der Waals surface area contributed by atoms with E-state index in [0.29, 0.717) is 35.7 Å². The second kappa shape index (κ2) is 8.55. The van der Waals surface area contributed by atoms with Crippen LogP contribution in [0, 0.1) is 0 Å². The van der Waals surface area contributed by atoms with E-state index in [-0.39, 0.29) is 24.4 Å². The van der Waals surface area contributed by atoms with E-state index >= 15 is 0 Å². The molecule has 0 saturated heterocycles. The third kappa shape index (κ3) is 4.13. The molecule has 148 valence electrons. The second-order valence-electron chi connectivity index (χ2n) is 6.19. The summed E-state index contributed by atoms with van der Waals surface area (Å²) in [6.45, 7) is 3.05. The predicted octanol–water partition coefficient (Wildman–Crippen LogP) is 1.24. The average Bonchev–Trinajstić information content (AvgIpc) is 3.08. The third-order valence-electron chi connectivity index (χ3n) is 4.32. The summed E-state index contributed by atoms with van der Waals surface area (Å²) in [5.41, 5.74) is 1.21.